The van der Waals surface area contributed by atoms with Crippen LogP contribution in [-0.2, 0) is 14.2 Å². The molecule has 1 heterocycles. The molecule has 3 atom stereocenters. The van der Waals surface area contributed by atoms with Crippen LogP contribution in [0.1, 0.15) is 10.4 Å². The SMILES string of the molecule is O=[C]([Bi])OC1[C@@H](COC(=O)c2ccccc2)OC(O)C1(F)F. The minimum absolute atomic E-state index is 0.117. The predicted octanol–water partition coefficient (Wildman–Crippen LogP) is 0.870. The standard InChI is InChI=1S/C13H11F2O6.Bi/c14-13(15)10(20-7-16)9(21-12(13)18)6-19-11(17)8-4-2-1-3-5-8;/h1-5,9-10,12,18H,6H2;/t9-,10?,12?;/m1./s1. The van der Waals surface area contributed by atoms with E-state index in [0.29, 0.717) is 0 Å². The van der Waals surface area contributed by atoms with Gasteiger partial charge in [-0.3, -0.25) is 0 Å². The van der Waals surface area contributed by atoms with Crippen molar-refractivity contribution in [2.75, 3.05) is 6.61 Å². The van der Waals surface area contributed by atoms with E-state index in [1.54, 1.807) is 18.2 Å². The third kappa shape index (κ3) is 3.77. The van der Waals surface area contributed by atoms with Crippen molar-refractivity contribution < 1.29 is 37.7 Å². The van der Waals surface area contributed by atoms with E-state index in [1.807, 2.05) is 0 Å². The predicted molar refractivity (Wildman–Crippen MR) is 68.6 cm³/mol. The molecule has 0 bridgehead atoms. The van der Waals surface area contributed by atoms with Crippen molar-refractivity contribution in [1.82, 2.24) is 0 Å². The van der Waals surface area contributed by atoms with E-state index in [1.165, 1.54) is 12.1 Å². The molecule has 1 aromatic carbocycles. The third-order valence-electron chi connectivity index (χ3n) is 2.97. The number of hydrogen-bond acceptors (Lipinski definition) is 6. The average Bonchev–Trinajstić information content (AvgIpc) is 2.68. The quantitative estimate of drug-likeness (QED) is 0.479. The monoisotopic (exact) mass is 510 g/mol. The zero-order valence-electron chi connectivity index (χ0n) is 11.0. The Bertz CT molecular complexity index is 553. The Kier molecular flexibility index (Phi) is 5.42. The Morgan fingerprint density at radius 2 is 1.95 bits per heavy atom. The van der Waals surface area contributed by atoms with E-state index in [0.717, 1.165) is 0 Å². The number of hydrogen-bond donors (Lipinski definition) is 1. The number of aliphatic hydroxyl groups is 1. The number of carbonyl (C=O) groups is 2. The van der Waals surface area contributed by atoms with E-state index in [2.05, 4.69) is 9.47 Å². The number of alkyl halides is 2. The van der Waals surface area contributed by atoms with E-state index in [4.69, 9.17) is 4.74 Å². The zero-order chi connectivity index (χ0) is 16.3. The first-order chi connectivity index (χ1) is 10.3. The van der Waals surface area contributed by atoms with Crippen LogP contribution >= 0.6 is 0 Å². The second kappa shape index (κ2) is 6.94. The summed E-state index contributed by atoms with van der Waals surface area (Å²) in [5, 5.41) is 9.20. The fourth-order valence-corrected chi connectivity index (χ4v) is 2.36. The zero-order valence-corrected chi connectivity index (χ0v) is 14.5. The van der Waals surface area contributed by atoms with Gasteiger partial charge in [0.25, 0.3) is 0 Å². The fourth-order valence-electron chi connectivity index (χ4n) is 1.92. The van der Waals surface area contributed by atoms with Gasteiger partial charge in [0.05, 0.1) is 0 Å². The summed E-state index contributed by atoms with van der Waals surface area (Å²) in [6.45, 7) is -0.573. The maximum atomic E-state index is 13.7. The van der Waals surface area contributed by atoms with Crippen molar-refractivity contribution in [2.45, 2.75) is 24.4 Å². The molecule has 0 spiro atoms. The molecule has 2 unspecified atom stereocenters. The summed E-state index contributed by atoms with van der Waals surface area (Å²) in [6.07, 6.45) is -5.86. The van der Waals surface area contributed by atoms with Crippen molar-refractivity contribution in [3.05, 3.63) is 35.9 Å². The summed E-state index contributed by atoms with van der Waals surface area (Å²) in [4.78, 5) is 22.7. The second-order valence-corrected chi connectivity index (χ2v) is 5.89. The second-order valence-electron chi connectivity index (χ2n) is 4.47. The molecule has 118 valence electrons. The minimum atomic E-state index is -3.76. The molecule has 9 heteroatoms. The molecule has 6 nitrogen and oxygen atoms in total. The van der Waals surface area contributed by atoms with Crippen molar-refractivity contribution >= 4 is 34.4 Å². The van der Waals surface area contributed by atoms with Crippen molar-refractivity contribution in [1.29, 1.82) is 0 Å². The van der Waals surface area contributed by atoms with Crippen molar-refractivity contribution in [3.63, 3.8) is 0 Å². The van der Waals surface area contributed by atoms with Crippen LogP contribution in [0.3, 0.4) is 0 Å². The number of halogens is 2. The molecule has 1 fully saturated rings. The van der Waals surface area contributed by atoms with Crippen LogP contribution in [0.2, 0.25) is 0 Å². The van der Waals surface area contributed by atoms with E-state index in [-0.39, 0.29) is 30.3 Å². The van der Waals surface area contributed by atoms with E-state index >= 15 is 0 Å². The number of carbonyl (C=O) groups excluding carboxylic acids is 2. The van der Waals surface area contributed by atoms with Crippen molar-refractivity contribution in [2.24, 2.45) is 0 Å². The number of benzene rings is 1. The van der Waals surface area contributed by atoms with Gasteiger partial charge < -0.3 is 0 Å². The Balaban J connectivity index is 2.02. The molecule has 1 aliphatic rings. The molecule has 0 aromatic heterocycles. The Labute approximate surface area is 139 Å². The molecular weight excluding hydrogens is 499 g/mol. The van der Waals surface area contributed by atoms with Crippen LogP contribution in [0.5, 0.6) is 0 Å². The van der Waals surface area contributed by atoms with E-state index < -0.39 is 40.7 Å². The number of esters is 1. The first-order valence-electron chi connectivity index (χ1n) is 6.15. The van der Waals surface area contributed by atoms with Crippen molar-refractivity contribution in [3.8, 4) is 0 Å². The van der Waals surface area contributed by atoms with Gasteiger partial charge >= 0.3 is 139 Å². The van der Waals surface area contributed by atoms with Gasteiger partial charge in [-0.2, -0.15) is 0 Å². The molecular formula is C13H11BiF2O6. The third-order valence-corrected chi connectivity index (χ3v) is 3.38. The van der Waals surface area contributed by atoms with Gasteiger partial charge in [0.15, 0.2) is 0 Å². The normalized spacial score (nSPS) is 26.5. The summed E-state index contributed by atoms with van der Waals surface area (Å²) in [5.41, 5.74) is 0.239. The summed E-state index contributed by atoms with van der Waals surface area (Å²) in [6, 6.07) is 7.93. The van der Waals surface area contributed by atoms with Crippen LogP contribution in [0, 0.1) is 0 Å². The number of ether oxygens (including phenoxy) is 3. The van der Waals surface area contributed by atoms with Gasteiger partial charge in [-0.1, -0.05) is 0 Å². The average molecular weight is 510 g/mol. The summed E-state index contributed by atoms with van der Waals surface area (Å²) in [5.74, 6) is -4.50. The molecule has 22 heavy (non-hydrogen) atoms. The van der Waals surface area contributed by atoms with Crippen LogP contribution in [0.4, 0.5) is 13.6 Å². The Hall–Kier alpha value is -1.18. The van der Waals surface area contributed by atoms with Gasteiger partial charge in [0.1, 0.15) is 0 Å². The fraction of sp³-hybridized carbons (Fsp3) is 0.385. The van der Waals surface area contributed by atoms with Gasteiger partial charge in [-0.05, 0) is 0 Å². The van der Waals surface area contributed by atoms with Gasteiger partial charge in [0.2, 0.25) is 0 Å². The summed E-state index contributed by atoms with van der Waals surface area (Å²) >= 11 is 0.117. The molecule has 2 rings (SSSR count). The van der Waals surface area contributed by atoms with Crippen LogP contribution in [0.15, 0.2) is 30.3 Å². The number of rotatable bonds is 4. The Morgan fingerprint density at radius 3 is 2.55 bits per heavy atom. The van der Waals surface area contributed by atoms with Gasteiger partial charge in [-0.25, -0.2) is 0 Å². The number of aliphatic hydroxyl groups excluding tert-OH is 1. The van der Waals surface area contributed by atoms with Gasteiger partial charge in [0, 0.05) is 0 Å². The topological polar surface area (TPSA) is 82.1 Å². The first kappa shape index (κ1) is 17.2. The first-order valence-corrected chi connectivity index (χ1v) is 7.89. The molecule has 1 aromatic rings. The van der Waals surface area contributed by atoms with E-state index in [9.17, 15) is 23.5 Å². The molecule has 1 saturated heterocycles. The van der Waals surface area contributed by atoms with Crippen LogP contribution < -0.4 is 0 Å². The molecule has 0 amide bonds. The molecule has 2 radical (unpaired) electrons. The Morgan fingerprint density at radius 1 is 1.32 bits per heavy atom. The molecule has 1 N–H and O–H groups in total. The molecule has 0 saturated carbocycles. The molecule has 0 aliphatic carbocycles. The summed E-state index contributed by atoms with van der Waals surface area (Å²) in [7, 11) is 0. The molecule has 1 aliphatic heterocycles. The maximum absolute atomic E-state index is 13.7. The van der Waals surface area contributed by atoms with Gasteiger partial charge in [-0.15, -0.1) is 0 Å². The van der Waals surface area contributed by atoms with Crippen LogP contribution in [0.25, 0.3) is 0 Å². The van der Waals surface area contributed by atoms with Crippen LogP contribution in [-0.4, -0.2) is 70.5 Å². The summed E-state index contributed by atoms with van der Waals surface area (Å²) < 4.78 is 40.6.